The van der Waals surface area contributed by atoms with Gasteiger partial charge in [0.2, 0.25) is 5.69 Å². The number of hydrogen-bond acceptors (Lipinski definition) is 4. The molecule has 3 aromatic rings. The summed E-state index contributed by atoms with van der Waals surface area (Å²) in [5.74, 6) is 0.652. The maximum Gasteiger partial charge on any atom is 0.258 e. The zero-order chi connectivity index (χ0) is 24.3. The van der Waals surface area contributed by atoms with Crippen molar-refractivity contribution in [3.63, 3.8) is 0 Å². The molecule has 0 saturated carbocycles. The maximum atomic E-state index is 13.2. The summed E-state index contributed by atoms with van der Waals surface area (Å²) < 4.78 is 5.91. The molecule has 1 amide bonds. The van der Waals surface area contributed by atoms with E-state index < -0.39 is 5.54 Å². The lowest BCUT2D eigenvalue weighted by Gasteiger charge is -2.29. The van der Waals surface area contributed by atoms with E-state index in [0.717, 1.165) is 16.9 Å². The second-order valence-corrected chi connectivity index (χ2v) is 9.12. The van der Waals surface area contributed by atoms with E-state index in [2.05, 4.69) is 9.83 Å². The fourth-order valence-electron chi connectivity index (χ4n) is 3.85. The summed E-state index contributed by atoms with van der Waals surface area (Å²) in [5, 5.41) is 0.713. The van der Waals surface area contributed by atoms with Gasteiger partial charge in [0.25, 0.3) is 5.91 Å². The molecule has 0 N–H and O–H groups in total. The SMILES string of the molecule is [C-]#[N+]c1ccc(N2C(=O)C(C)(C)N(CCCOc3ccc(-c4cccnc4)cc3)C2=S)cc1Cl. The number of halogens is 1. The average molecular weight is 491 g/mol. The number of benzene rings is 2. The summed E-state index contributed by atoms with van der Waals surface area (Å²) in [6.45, 7) is 11.9. The molecule has 0 bridgehead atoms. The molecule has 4 rings (SSSR count). The molecule has 1 saturated heterocycles. The molecule has 1 aliphatic rings. The van der Waals surface area contributed by atoms with Crippen molar-refractivity contribution >= 4 is 46.2 Å². The number of amides is 1. The predicted molar refractivity (Wildman–Crippen MR) is 138 cm³/mol. The third-order valence-corrected chi connectivity index (χ3v) is 6.48. The predicted octanol–water partition coefficient (Wildman–Crippen LogP) is 6.13. The van der Waals surface area contributed by atoms with Crippen LogP contribution >= 0.6 is 23.8 Å². The van der Waals surface area contributed by atoms with Crippen LogP contribution in [0.25, 0.3) is 16.0 Å². The highest BCUT2D eigenvalue weighted by Gasteiger charge is 2.49. The Labute approximate surface area is 209 Å². The molecular weight excluding hydrogens is 468 g/mol. The van der Waals surface area contributed by atoms with Gasteiger partial charge in [-0.25, -0.2) is 4.85 Å². The second kappa shape index (κ2) is 9.80. The highest BCUT2D eigenvalue weighted by molar-refractivity contribution is 7.80. The zero-order valence-corrected chi connectivity index (χ0v) is 20.4. The number of rotatable bonds is 7. The Kier molecular flexibility index (Phi) is 6.82. The van der Waals surface area contributed by atoms with Crippen molar-refractivity contribution in [1.29, 1.82) is 0 Å². The number of thiocarbonyl (C=S) groups is 1. The van der Waals surface area contributed by atoms with Gasteiger partial charge >= 0.3 is 0 Å². The summed E-state index contributed by atoms with van der Waals surface area (Å²) in [6.07, 6.45) is 4.27. The van der Waals surface area contributed by atoms with Gasteiger partial charge in [-0.05, 0) is 73.9 Å². The van der Waals surface area contributed by atoms with Gasteiger partial charge in [-0.3, -0.25) is 14.7 Å². The summed E-state index contributed by atoms with van der Waals surface area (Å²) in [6, 6.07) is 16.7. The largest absolute Gasteiger partial charge is 0.494 e. The highest BCUT2D eigenvalue weighted by Crippen LogP contribution is 2.36. The van der Waals surface area contributed by atoms with Crippen LogP contribution in [0.1, 0.15) is 20.3 Å². The standard InChI is InChI=1S/C26H23ClN4O2S/c1-26(2)24(32)31(20-9-12-23(28-3)22(27)16-20)25(34)30(26)14-5-15-33-21-10-7-18(8-11-21)19-6-4-13-29-17-19/h4,6-13,16-17H,5,14-15H2,1-2H3. The monoisotopic (exact) mass is 490 g/mol. The summed E-state index contributed by atoms with van der Waals surface area (Å²) in [7, 11) is 0. The van der Waals surface area contributed by atoms with Crippen LogP contribution in [-0.2, 0) is 4.79 Å². The minimum atomic E-state index is -0.798. The molecule has 1 aliphatic heterocycles. The molecule has 8 heteroatoms. The summed E-state index contributed by atoms with van der Waals surface area (Å²) >= 11 is 11.8. The van der Waals surface area contributed by atoms with Crippen molar-refractivity contribution in [2.45, 2.75) is 25.8 Å². The Morgan fingerprint density at radius 3 is 2.56 bits per heavy atom. The van der Waals surface area contributed by atoms with Crippen molar-refractivity contribution in [2.75, 3.05) is 18.1 Å². The topological polar surface area (TPSA) is 50.0 Å². The van der Waals surface area contributed by atoms with Crippen LogP contribution in [0.2, 0.25) is 5.02 Å². The number of carbonyl (C=O) groups is 1. The maximum absolute atomic E-state index is 13.2. The van der Waals surface area contributed by atoms with Gasteiger partial charge in [-0.2, -0.15) is 0 Å². The number of hydrogen-bond donors (Lipinski definition) is 0. The Hall–Kier alpha value is -3.47. The van der Waals surface area contributed by atoms with Gasteiger partial charge in [0.1, 0.15) is 11.3 Å². The lowest BCUT2D eigenvalue weighted by Crippen LogP contribution is -2.44. The van der Waals surface area contributed by atoms with Gasteiger partial charge in [0.15, 0.2) is 5.11 Å². The molecule has 2 heterocycles. The van der Waals surface area contributed by atoms with E-state index in [9.17, 15) is 4.79 Å². The molecule has 172 valence electrons. The molecule has 34 heavy (non-hydrogen) atoms. The Bertz CT molecular complexity index is 1260. The minimum Gasteiger partial charge on any atom is -0.494 e. The van der Waals surface area contributed by atoms with Gasteiger partial charge in [0, 0.05) is 24.0 Å². The summed E-state index contributed by atoms with van der Waals surface area (Å²) in [4.78, 5) is 24.1. The fourth-order valence-corrected chi connectivity index (χ4v) is 4.58. The summed E-state index contributed by atoms with van der Waals surface area (Å²) in [5.41, 5.74) is 2.23. The van der Waals surface area contributed by atoms with Gasteiger partial charge in [-0.1, -0.05) is 35.9 Å². The lowest BCUT2D eigenvalue weighted by atomic mass is 10.0. The zero-order valence-electron chi connectivity index (χ0n) is 18.9. The normalized spacial score (nSPS) is 14.9. The quantitative estimate of drug-likeness (QED) is 0.226. The van der Waals surface area contributed by atoms with Crippen LogP contribution in [0, 0.1) is 6.57 Å². The molecule has 0 unspecified atom stereocenters. The van der Waals surface area contributed by atoms with Gasteiger partial charge < -0.3 is 9.64 Å². The smallest absolute Gasteiger partial charge is 0.258 e. The molecule has 0 atom stereocenters. The van der Waals surface area contributed by atoms with E-state index in [1.807, 2.05) is 61.3 Å². The third-order valence-electron chi connectivity index (χ3n) is 5.78. The first-order valence-electron chi connectivity index (χ1n) is 10.8. The number of anilines is 1. The van der Waals surface area contributed by atoms with Crippen molar-refractivity contribution < 1.29 is 9.53 Å². The number of ether oxygens (including phenoxy) is 1. The average Bonchev–Trinajstić information content (AvgIpc) is 3.01. The van der Waals surface area contributed by atoms with Gasteiger partial charge in [-0.15, -0.1) is 0 Å². The molecular formula is C26H23ClN4O2S. The molecule has 0 aliphatic carbocycles. The van der Waals surface area contributed by atoms with Crippen LogP contribution in [0.4, 0.5) is 11.4 Å². The Morgan fingerprint density at radius 1 is 1.15 bits per heavy atom. The Morgan fingerprint density at radius 2 is 1.91 bits per heavy atom. The number of carbonyl (C=O) groups excluding carboxylic acids is 1. The fraction of sp³-hybridized carbons (Fsp3) is 0.231. The van der Waals surface area contributed by atoms with Crippen molar-refractivity contribution in [1.82, 2.24) is 9.88 Å². The highest BCUT2D eigenvalue weighted by atomic mass is 35.5. The number of aromatic nitrogens is 1. The van der Waals surface area contributed by atoms with Crippen molar-refractivity contribution in [3.05, 3.63) is 83.4 Å². The van der Waals surface area contributed by atoms with Crippen LogP contribution in [0.5, 0.6) is 5.75 Å². The van der Waals surface area contributed by atoms with E-state index in [-0.39, 0.29) is 5.91 Å². The van der Waals surface area contributed by atoms with Crippen molar-refractivity contribution in [3.8, 4) is 16.9 Å². The van der Waals surface area contributed by atoms with Crippen molar-refractivity contribution in [2.24, 2.45) is 0 Å². The first-order valence-corrected chi connectivity index (χ1v) is 11.6. The second-order valence-electron chi connectivity index (χ2n) is 8.35. The Balaban J connectivity index is 1.37. The first-order chi connectivity index (χ1) is 16.3. The van der Waals surface area contributed by atoms with E-state index in [1.54, 1.807) is 24.4 Å². The molecule has 1 aromatic heterocycles. The van der Waals surface area contributed by atoms with E-state index in [1.165, 1.54) is 4.90 Å². The lowest BCUT2D eigenvalue weighted by molar-refractivity contribution is -0.123. The van der Waals surface area contributed by atoms with E-state index in [0.29, 0.717) is 41.1 Å². The van der Waals surface area contributed by atoms with Crippen LogP contribution in [0.3, 0.4) is 0 Å². The van der Waals surface area contributed by atoms with E-state index in [4.69, 9.17) is 35.1 Å². The molecule has 2 aromatic carbocycles. The minimum absolute atomic E-state index is 0.129. The number of pyridine rings is 1. The molecule has 0 spiro atoms. The first kappa shape index (κ1) is 23.7. The van der Waals surface area contributed by atoms with Crippen LogP contribution < -0.4 is 9.64 Å². The van der Waals surface area contributed by atoms with Crippen LogP contribution in [-0.4, -0.2) is 39.6 Å². The third kappa shape index (κ3) is 4.60. The molecule has 0 radical (unpaired) electrons. The van der Waals surface area contributed by atoms with Gasteiger partial charge in [0.05, 0.1) is 18.9 Å². The number of nitrogens with zero attached hydrogens (tertiary/aromatic N) is 4. The molecule has 1 fully saturated rings. The van der Waals surface area contributed by atoms with E-state index >= 15 is 0 Å². The molecule has 6 nitrogen and oxygen atoms in total. The van der Waals surface area contributed by atoms with Crippen LogP contribution in [0.15, 0.2) is 67.0 Å².